The van der Waals surface area contributed by atoms with Crippen LogP contribution < -0.4 is 0 Å². The average Bonchev–Trinajstić information content (AvgIpc) is 2.73. The molecule has 2 saturated heterocycles. The van der Waals surface area contributed by atoms with Crippen molar-refractivity contribution >= 4 is 35.2 Å². The van der Waals surface area contributed by atoms with Crippen LogP contribution in [0, 0.1) is 11.3 Å². The number of aliphatic hydroxyl groups is 1. The molecule has 2 unspecified atom stereocenters. The summed E-state index contributed by atoms with van der Waals surface area (Å²) in [6.07, 6.45) is 5.16. The van der Waals surface area contributed by atoms with E-state index in [0.717, 1.165) is 19.3 Å². The zero-order valence-electron chi connectivity index (χ0n) is 15.9. The Labute approximate surface area is 161 Å². The number of unbranched alkanes of at least 4 members (excludes halogenated alkanes) is 3. The molecule has 0 amide bonds. The van der Waals surface area contributed by atoms with E-state index in [1.54, 1.807) is 0 Å². The van der Waals surface area contributed by atoms with Crippen molar-refractivity contribution in [2.24, 2.45) is 11.3 Å². The quantitative estimate of drug-likeness (QED) is 0.565. The predicted octanol–water partition coefficient (Wildman–Crippen LogP) is 2.53. The van der Waals surface area contributed by atoms with Gasteiger partial charge < -0.3 is 0 Å². The van der Waals surface area contributed by atoms with Gasteiger partial charge in [-0.25, -0.2) is 0 Å². The number of fused-ring (bicyclic) bond motifs is 3. The summed E-state index contributed by atoms with van der Waals surface area (Å²) in [6, 6.07) is 0. The molecule has 8 heteroatoms. The van der Waals surface area contributed by atoms with Gasteiger partial charge in [-0.3, -0.25) is 0 Å². The molecule has 0 aromatic carbocycles. The van der Waals surface area contributed by atoms with Crippen molar-refractivity contribution in [3.05, 3.63) is 0 Å². The van der Waals surface area contributed by atoms with Crippen molar-refractivity contribution in [1.82, 2.24) is 0 Å². The Morgan fingerprint density at radius 1 is 0.885 bits per heavy atom. The Morgan fingerprint density at radius 2 is 1.42 bits per heavy atom. The summed E-state index contributed by atoms with van der Waals surface area (Å²) in [6.45, 7) is 5.91. The minimum absolute atomic E-state index is 0.281. The summed E-state index contributed by atoms with van der Waals surface area (Å²) < 4.78 is 15.8. The molecule has 0 aliphatic carbocycles. The molecule has 2 bridgehead atoms. The standard InChI is InChI=1S/C18H32O7.Ga/c1-4-7-10-13(14(19)20)18(25,16(23)24)17(15(21)22,11-8-5-2)12-9-6-3;/h13,25H,4-12H2,1-3H3,(H,19,20)(H,21,22)(H,23,24);/q;+3/p-3. The summed E-state index contributed by atoms with van der Waals surface area (Å²) in [4.78, 5) is 38.7. The van der Waals surface area contributed by atoms with Gasteiger partial charge in [-0.15, -0.1) is 0 Å². The normalized spacial score (nSPS) is 27.5. The number of carbonyl (C=O) groups is 3. The SMILES string of the molecule is CCCCC1C(=O)[O][Ga]2[O]C(=O)C(CCCC)(CCCC)C1(O)C(=O)[O]2. The number of rotatable bonds is 9. The van der Waals surface area contributed by atoms with Crippen molar-refractivity contribution in [3.8, 4) is 0 Å². The van der Waals surface area contributed by atoms with Crippen LogP contribution in [0.4, 0.5) is 0 Å². The van der Waals surface area contributed by atoms with Crippen molar-refractivity contribution in [2.75, 3.05) is 0 Å². The van der Waals surface area contributed by atoms with E-state index in [1.165, 1.54) is 0 Å². The second-order valence-corrected chi connectivity index (χ2v) is 9.98. The number of carbonyl (C=O) groups excluding carboxylic acids is 3. The summed E-state index contributed by atoms with van der Waals surface area (Å²) in [5.41, 5.74) is -3.68. The number of hydrogen-bond acceptors (Lipinski definition) is 7. The fourth-order valence-corrected chi connectivity index (χ4v) is 6.66. The topological polar surface area (TPSA) is 99.1 Å². The zero-order chi connectivity index (χ0) is 19.4. The van der Waals surface area contributed by atoms with Crippen LogP contribution in [-0.2, 0) is 25.0 Å². The van der Waals surface area contributed by atoms with Crippen molar-refractivity contribution in [2.45, 2.75) is 84.2 Å². The summed E-state index contributed by atoms with van der Waals surface area (Å²) in [5.74, 6) is -3.30. The van der Waals surface area contributed by atoms with Gasteiger partial charge in [0.25, 0.3) is 0 Å². The van der Waals surface area contributed by atoms with Gasteiger partial charge in [-0.1, -0.05) is 0 Å². The van der Waals surface area contributed by atoms with E-state index in [4.69, 9.17) is 10.6 Å². The van der Waals surface area contributed by atoms with E-state index in [1.807, 2.05) is 20.8 Å². The molecule has 2 rings (SSSR count). The van der Waals surface area contributed by atoms with Crippen LogP contribution in [0.15, 0.2) is 0 Å². The van der Waals surface area contributed by atoms with Gasteiger partial charge >= 0.3 is 161 Å². The summed E-state index contributed by atoms with van der Waals surface area (Å²) in [5, 5.41) is 11.7. The molecule has 2 heterocycles. The monoisotopic (exact) mass is 426 g/mol. The van der Waals surface area contributed by atoms with Gasteiger partial charge in [0.2, 0.25) is 0 Å². The maximum atomic E-state index is 13.1. The first-order valence-corrected chi connectivity index (χ1v) is 12.7. The van der Waals surface area contributed by atoms with Gasteiger partial charge in [-0.2, -0.15) is 0 Å². The van der Waals surface area contributed by atoms with Crippen molar-refractivity contribution in [1.29, 1.82) is 0 Å². The predicted molar refractivity (Wildman–Crippen MR) is 93.5 cm³/mol. The third kappa shape index (κ3) is 3.55. The Hall–Kier alpha value is -0.994. The van der Waals surface area contributed by atoms with Crippen LogP contribution >= 0.6 is 0 Å². The Bertz CT molecular complexity index is 542. The fourth-order valence-electron chi connectivity index (χ4n) is 4.03. The third-order valence-corrected chi connectivity index (χ3v) is 8.20. The molecule has 7 nitrogen and oxygen atoms in total. The van der Waals surface area contributed by atoms with Gasteiger partial charge in [0.05, 0.1) is 0 Å². The van der Waals surface area contributed by atoms with E-state index in [9.17, 15) is 19.5 Å². The van der Waals surface area contributed by atoms with Gasteiger partial charge in [-0.05, 0) is 0 Å². The van der Waals surface area contributed by atoms with E-state index in [-0.39, 0.29) is 6.42 Å². The molecule has 2 aliphatic rings. The van der Waals surface area contributed by atoms with Crippen molar-refractivity contribution in [3.63, 3.8) is 0 Å². The van der Waals surface area contributed by atoms with E-state index >= 15 is 0 Å². The molecule has 2 atom stereocenters. The summed E-state index contributed by atoms with van der Waals surface area (Å²) in [7, 11) is 0. The first kappa shape index (κ1) is 21.3. The fraction of sp³-hybridized carbons (Fsp3) is 0.833. The van der Waals surface area contributed by atoms with Crippen molar-refractivity contribution < 1.29 is 30.1 Å². The third-order valence-electron chi connectivity index (χ3n) is 5.60. The molecule has 0 aromatic rings. The van der Waals surface area contributed by atoms with E-state index < -0.39 is 52.2 Å². The molecule has 0 aromatic heterocycles. The first-order valence-electron chi connectivity index (χ1n) is 9.72. The first-order chi connectivity index (χ1) is 12.4. The summed E-state index contributed by atoms with van der Waals surface area (Å²) >= 11 is -3.82. The Balaban J connectivity index is 2.61. The van der Waals surface area contributed by atoms with Crippen LogP contribution in [0.5, 0.6) is 0 Å². The molecule has 1 N–H and O–H groups in total. The van der Waals surface area contributed by atoms with E-state index in [2.05, 4.69) is 0 Å². The average molecular weight is 427 g/mol. The van der Waals surface area contributed by atoms with Crippen LogP contribution in [0.25, 0.3) is 0 Å². The van der Waals surface area contributed by atoms with Crippen LogP contribution in [0.3, 0.4) is 0 Å². The molecular weight excluding hydrogens is 398 g/mol. The zero-order valence-corrected chi connectivity index (χ0v) is 18.3. The van der Waals surface area contributed by atoms with Gasteiger partial charge in [0, 0.05) is 0 Å². The van der Waals surface area contributed by atoms with Gasteiger partial charge in [0.1, 0.15) is 0 Å². The maximum absolute atomic E-state index is 13.1. The second kappa shape index (κ2) is 8.80. The number of hydrogen-bond donors (Lipinski definition) is 1. The molecule has 0 spiro atoms. The molecule has 26 heavy (non-hydrogen) atoms. The van der Waals surface area contributed by atoms with Crippen LogP contribution in [0.2, 0.25) is 0 Å². The molecule has 2 aliphatic heterocycles. The Kier molecular flexibility index (Phi) is 7.21. The molecule has 0 saturated carbocycles. The Morgan fingerprint density at radius 3 is 1.96 bits per heavy atom. The molecular formula is C18H29GaO7. The van der Waals surface area contributed by atoms with Crippen LogP contribution in [-0.4, -0.2) is 45.9 Å². The molecule has 0 radical (unpaired) electrons. The molecule has 2 fully saturated rings. The minimum atomic E-state index is -3.82. The second-order valence-electron chi connectivity index (χ2n) is 7.29. The van der Waals surface area contributed by atoms with Crippen LogP contribution in [0.1, 0.15) is 78.6 Å². The van der Waals surface area contributed by atoms with E-state index in [0.29, 0.717) is 32.1 Å². The molecule has 146 valence electrons. The van der Waals surface area contributed by atoms with Gasteiger partial charge in [0.15, 0.2) is 0 Å².